The first-order chi connectivity index (χ1) is 11.6. The molecule has 0 amide bonds. The predicted molar refractivity (Wildman–Crippen MR) is 100 cm³/mol. The highest BCUT2D eigenvalue weighted by Crippen LogP contribution is 2.38. The molecule has 2 N–H and O–H groups in total. The summed E-state index contributed by atoms with van der Waals surface area (Å²) < 4.78 is 0. The molecule has 4 aliphatic heterocycles. The van der Waals surface area contributed by atoms with E-state index in [1.165, 1.54) is 90.6 Å². The van der Waals surface area contributed by atoms with Crippen molar-refractivity contribution < 1.29 is 0 Å². The van der Waals surface area contributed by atoms with E-state index in [-0.39, 0.29) is 0 Å². The van der Waals surface area contributed by atoms with E-state index in [9.17, 15) is 0 Å². The minimum absolute atomic E-state index is 0.428. The Balaban J connectivity index is 1.32. The summed E-state index contributed by atoms with van der Waals surface area (Å²) in [4.78, 5) is 5.50. The first-order valence-corrected chi connectivity index (χ1v) is 10.5. The lowest BCUT2D eigenvalue weighted by molar-refractivity contribution is 0.0324. The monoisotopic (exact) mass is 334 g/mol. The highest BCUT2D eigenvalue weighted by atomic mass is 15.3. The number of likely N-dealkylation sites (tertiary alicyclic amines) is 2. The lowest BCUT2D eigenvalue weighted by Gasteiger charge is -2.47. The van der Waals surface area contributed by atoms with Gasteiger partial charge in [0.25, 0.3) is 0 Å². The average molecular weight is 335 g/mol. The molecule has 4 atom stereocenters. The third kappa shape index (κ3) is 3.27. The van der Waals surface area contributed by atoms with Crippen LogP contribution in [0.5, 0.6) is 0 Å². The van der Waals surface area contributed by atoms with Crippen LogP contribution in [0.1, 0.15) is 58.3 Å². The van der Waals surface area contributed by atoms with Crippen LogP contribution in [-0.4, -0.2) is 73.2 Å². The fourth-order valence-corrected chi connectivity index (χ4v) is 6.26. The quantitative estimate of drug-likeness (QED) is 0.827. The van der Waals surface area contributed by atoms with Crippen molar-refractivity contribution in [3.8, 4) is 0 Å². The number of hydrogen-bond donors (Lipinski definition) is 2. The Labute approximate surface area is 148 Å². The van der Waals surface area contributed by atoms with E-state index in [1.807, 2.05) is 0 Å². The third-order valence-electron chi connectivity index (χ3n) is 7.75. The molecule has 4 saturated heterocycles. The maximum atomic E-state index is 3.90. The van der Waals surface area contributed by atoms with Gasteiger partial charge in [-0.3, -0.25) is 9.80 Å². The van der Waals surface area contributed by atoms with Gasteiger partial charge in [-0.25, -0.2) is 0 Å². The second kappa shape index (κ2) is 6.86. The van der Waals surface area contributed by atoms with Crippen molar-refractivity contribution in [2.75, 3.05) is 46.3 Å². The summed E-state index contributed by atoms with van der Waals surface area (Å²) in [6.07, 6.45) is 11.1. The van der Waals surface area contributed by atoms with E-state index in [2.05, 4.69) is 34.4 Å². The maximum absolute atomic E-state index is 3.90. The Bertz CT molecular complexity index is 433. The Morgan fingerprint density at radius 2 is 1.96 bits per heavy atom. The molecule has 4 nitrogen and oxygen atoms in total. The minimum Gasteiger partial charge on any atom is -0.315 e. The van der Waals surface area contributed by atoms with Gasteiger partial charge in [-0.2, -0.15) is 0 Å². The number of nitrogens with zero attached hydrogens (tertiary/aromatic N) is 2. The molecule has 4 unspecified atom stereocenters. The van der Waals surface area contributed by atoms with Crippen molar-refractivity contribution in [2.24, 2.45) is 5.92 Å². The van der Waals surface area contributed by atoms with Crippen molar-refractivity contribution in [3.63, 3.8) is 0 Å². The Morgan fingerprint density at radius 1 is 1.12 bits per heavy atom. The van der Waals surface area contributed by atoms with E-state index < -0.39 is 0 Å². The number of hydrogen-bond acceptors (Lipinski definition) is 4. The normalized spacial score (nSPS) is 43.0. The molecule has 24 heavy (non-hydrogen) atoms. The first kappa shape index (κ1) is 17.3. The van der Waals surface area contributed by atoms with Crippen LogP contribution in [0.2, 0.25) is 0 Å². The van der Waals surface area contributed by atoms with E-state index in [1.54, 1.807) is 0 Å². The Kier molecular flexibility index (Phi) is 4.94. The van der Waals surface area contributed by atoms with E-state index in [0.717, 1.165) is 12.0 Å². The number of nitrogens with one attached hydrogen (secondary N) is 2. The smallest absolute Gasteiger partial charge is 0.0334 e. The molecule has 4 fully saturated rings. The second-order valence-electron chi connectivity index (χ2n) is 9.42. The van der Waals surface area contributed by atoms with Crippen LogP contribution in [0.3, 0.4) is 0 Å². The third-order valence-corrected chi connectivity index (χ3v) is 7.75. The zero-order chi connectivity index (χ0) is 16.6. The summed E-state index contributed by atoms with van der Waals surface area (Å²) in [5.41, 5.74) is 0.937. The average Bonchev–Trinajstić information content (AvgIpc) is 3.13. The molecule has 0 saturated carbocycles. The van der Waals surface area contributed by atoms with Crippen molar-refractivity contribution in [3.05, 3.63) is 0 Å². The van der Waals surface area contributed by atoms with Crippen molar-refractivity contribution in [1.29, 1.82) is 0 Å². The minimum atomic E-state index is 0.428. The fourth-order valence-electron chi connectivity index (χ4n) is 6.26. The highest BCUT2D eigenvalue weighted by Gasteiger charge is 2.44. The predicted octanol–water partition coefficient (Wildman–Crippen LogP) is 2.06. The number of rotatable bonds is 3. The van der Waals surface area contributed by atoms with Gasteiger partial charge in [0.2, 0.25) is 0 Å². The molecule has 4 heterocycles. The summed E-state index contributed by atoms with van der Waals surface area (Å²) in [5.74, 6) is 0.874. The van der Waals surface area contributed by atoms with Gasteiger partial charge in [0.1, 0.15) is 0 Å². The van der Waals surface area contributed by atoms with E-state index in [0.29, 0.717) is 11.1 Å². The molecule has 4 heteroatoms. The van der Waals surface area contributed by atoms with Gasteiger partial charge < -0.3 is 10.6 Å². The standard InChI is InChI=1S/C20H38N4/c1-17(12-18-13-19(22-14-18)6-3-9-21-15-19)24-11-5-8-20(16-24)7-4-10-23(20)2/h17-18,21-22H,3-16H2,1-2H3. The molecular formula is C20H38N4. The lowest BCUT2D eigenvalue weighted by atomic mass is 9.83. The number of piperidine rings is 2. The zero-order valence-corrected chi connectivity index (χ0v) is 15.9. The fraction of sp³-hybridized carbons (Fsp3) is 1.00. The van der Waals surface area contributed by atoms with E-state index >= 15 is 0 Å². The molecule has 0 radical (unpaired) electrons. The van der Waals surface area contributed by atoms with Gasteiger partial charge in [0.15, 0.2) is 0 Å². The molecule has 0 aliphatic carbocycles. The second-order valence-corrected chi connectivity index (χ2v) is 9.42. The van der Waals surface area contributed by atoms with Crippen molar-refractivity contribution in [2.45, 2.75) is 75.4 Å². The highest BCUT2D eigenvalue weighted by molar-refractivity contribution is 5.03. The SMILES string of the molecule is CC(CC1CNC2(CCCNC2)C1)N1CCCC2(CCCN2C)C1. The van der Waals surface area contributed by atoms with Gasteiger partial charge in [0, 0.05) is 30.2 Å². The zero-order valence-electron chi connectivity index (χ0n) is 15.9. The summed E-state index contributed by atoms with van der Waals surface area (Å²) >= 11 is 0. The van der Waals surface area contributed by atoms with Crippen LogP contribution >= 0.6 is 0 Å². The van der Waals surface area contributed by atoms with Crippen LogP contribution < -0.4 is 10.6 Å². The lowest BCUT2D eigenvalue weighted by Crippen LogP contribution is -2.56. The van der Waals surface area contributed by atoms with Gasteiger partial charge >= 0.3 is 0 Å². The van der Waals surface area contributed by atoms with Gasteiger partial charge in [-0.05, 0) is 97.4 Å². The van der Waals surface area contributed by atoms with Crippen molar-refractivity contribution >= 4 is 0 Å². The van der Waals surface area contributed by atoms with Gasteiger partial charge in [-0.15, -0.1) is 0 Å². The molecule has 0 bridgehead atoms. The largest absolute Gasteiger partial charge is 0.315 e. The first-order valence-electron chi connectivity index (χ1n) is 10.5. The van der Waals surface area contributed by atoms with Crippen LogP contribution in [-0.2, 0) is 0 Å². The van der Waals surface area contributed by atoms with Crippen molar-refractivity contribution in [1.82, 2.24) is 20.4 Å². The summed E-state index contributed by atoms with van der Waals surface area (Å²) in [6, 6.07) is 0.745. The summed E-state index contributed by atoms with van der Waals surface area (Å²) in [7, 11) is 2.36. The summed E-state index contributed by atoms with van der Waals surface area (Å²) in [6.45, 7) is 10.1. The maximum Gasteiger partial charge on any atom is 0.0334 e. The Hall–Kier alpha value is -0.160. The van der Waals surface area contributed by atoms with Crippen LogP contribution in [0.15, 0.2) is 0 Å². The molecule has 0 aromatic heterocycles. The molecule has 138 valence electrons. The topological polar surface area (TPSA) is 30.5 Å². The van der Waals surface area contributed by atoms with Crippen LogP contribution in [0.25, 0.3) is 0 Å². The van der Waals surface area contributed by atoms with E-state index in [4.69, 9.17) is 0 Å². The molecule has 4 aliphatic rings. The van der Waals surface area contributed by atoms with Gasteiger partial charge in [-0.1, -0.05) is 0 Å². The van der Waals surface area contributed by atoms with Crippen LogP contribution in [0, 0.1) is 5.92 Å². The Morgan fingerprint density at radius 3 is 2.71 bits per heavy atom. The number of likely N-dealkylation sites (N-methyl/N-ethyl adjacent to an activating group) is 1. The molecular weight excluding hydrogens is 296 g/mol. The molecule has 4 rings (SSSR count). The molecule has 0 aromatic carbocycles. The molecule has 0 aromatic rings. The van der Waals surface area contributed by atoms with Gasteiger partial charge in [0.05, 0.1) is 0 Å². The molecule has 2 spiro atoms. The van der Waals surface area contributed by atoms with Crippen LogP contribution in [0.4, 0.5) is 0 Å². The summed E-state index contributed by atoms with van der Waals surface area (Å²) in [5, 5.41) is 7.51.